The quantitative estimate of drug-likeness (QED) is 0.734. The van der Waals surface area contributed by atoms with Gasteiger partial charge in [-0.3, -0.25) is 0 Å². The van der Waals surface area contributed by atoms with Crippen LogP contribution in [-0.2, 0) is 14.5 Å². The van der Waals surface area contributed by atoms with Gasteiger partial charge in [0, 0.05) is 10.6 Å². The van der Waals surface area contributed by atoms with Crippen molar-refractivity contribution in [3.05, 3.63) is 34.9 Å². The lowest BCUT2D eigenvalue weighted by Crippen LogP contribution is -2.02. The minimum atomic E-state index is -3.71. The molecule has 0 radical (unpaired) electrons. The summed E-state index contributed by atoms with van der Waals surface area (Å²) < 4.78 is 29.6. The van der Waals surface area contributed by atoms with Crippen molar-refractivity contribution >= 4 is 27.6 Å². The monoisotopic (exact) mass is 231 g/mol. The summed E-state index contributed by atoms with van der Waals surface area (Å²) in [4.78, 5) is 0. The first-order valence-electron chi connectivity index (χ1n) is 3.81. The average molecular weight is 232 g/mol. The highest BCUT2D eigenvalue weighted by Crippen LogP contribution is 2.16. The lowest BCUT2D eigenvalue weighted by Gasteiger charge is -1.97. The zero-order chi connectivity index (χ0) is 10.2. The van der Waals surface area contributed by atoms with E-state index in [1.54, 1.807) is 24.3 Å². The number of hydrogen-bond acceptors (Lipinski definition) is 3. The fraction of sp³-hybridized carbons (Fsp3) is 0.125. The summed E-state index contributed by atoms with van der Waals surface area (Å²) in [5.41, 5.74) is 1.05. The highest BCUT2D eigenvalue weighted by atomic mass is 35.5. The number of rotatable bonds is 1. The molecule has 0 aliphatic carbocycles. The molecule has 6 heteroatoms. The van der Waals surface area contributed by atoms with Gasteiger partial charge >= 0.3 is 10.3 Å². The second kappa shape index (κ2) is 3.34. The van der Waals surface area contributed by atoms with Crippen LogP contribution in [0.1, 0.15) is 5.56 Å². The van der Waals surface area contributed by atoms with E-state index in [9.17, 15) is 8.42 Å². The van der Waals surface area contributed by atoms with Crippen LogP contribution in [0.15, 0.2) is 28.7 Å². The summed E-state index contributed by atoms with van der Waals surface area (Å²) in [5.74, 6) is 0. The van der Waals surface area contributed by atoms with Gasteiger partial charge in [-0.1, -0.05) is 23.7 Å². The van der Waals surface area contributed by atoms with Gasteiger partial charge in [0.2, 0.25) is 0 Å². The third kappa shape index (κ3) is 1.95. The van der Waals surface area contributed by atoms with E-state index in [4.69, 9.17) is 11.6 Å². The van der Waals surface area contributed by atoms with Crippen molar-refractivity contribution in [3.63, 3.8) is 0 Å². The molecule has 0 N–H and O–H groups in total. The zero-order valence-electron chi connectivity index (χ0n) is 6.97. The van der Waals surface area contributed by atoms with E-state index in [2.05, 4.69) is 8.58 Å². The molecule has 1 aliphatic heterocycles. The van der Waals surface area contributed by atoms with Crippen LogP contribution in [0.5, 0.6) is 0 Å². The molecule has 4 nitrogen and oxygen atoms in total. The van der Waals surface area contributed by atoms with Crippen molar-refractivity contribution < 1.29 is 12.6 Å². The minimum Gasteiger partial charge on any atom is -0.246 e. The van der Waals surface area contributed by atoms with Crippen LogP contribution in [-0.4, -0.2) is 20.7 Å². The van der Waals surface area contributed by atoms with Gasteiger partial charge in [0.05, 0.1) is 5.71 Å². The molecule has 1 aliphatic rings. The average Bonchev–Trinajstić information content (AvgIpc) is 2.46. The van der Waals surface area contributed by atoms with Gasteiger partial charge in [0.15, 0.2) is 0 Å². The Balaban J connectivity index is 2.43. The molecule has 1 aromatic rings. The molecule has 0 fully saturated rings. The van der Waals surface area contributed by atoms with Crippen LogP contribution in [0.25, 0.3) is 0 Å². The van der Waals surface area contributed by atoms with Gasteiger partial charge in [-0.25, -0.2) is 4.18 Å². The van der Waals surface area contributed by atoms with Crippen molar-refractivity contribution in [3.8, 4) is 0 Å². The van der Waals surface area contributed by atoms with E-state index in [0.717, 1.165) is 0 Å². The van der Waals surface area contributed by atoms with Crippen LogP contribution >= 0.6 is 11.6 Å². The minimum absolute atomic E-state index is 0.0251. The van der Waals surface area contributed by atoms with Gasteiger partial charge in [-0.05, 0) is 12.1 Å². The molecule has 0 saturated carbocycles. The molecular weight excluding hydrogens is 226 g/mol. The molecule has 0 saturated heterocycles. The van der Waals surface area contributed by atoms with E-state index >= 15 is 0 Å². The van der Waals surface area contributed by atoms with E-state index in [1.807, 2.05) is 0 Å². The Labute approximate surface area is 86.4 Å². The standard InChI is InChI=1S/C8H6ClNO3S/c9-7-3-1-2-6(4-7)8-5-13-14(11,12)10-8/h1-4H,5H2. The third-order valence-corrected chi connectivity index (χ3v) is 2.82. The number of benzene rings is 1. The Hall–Kier alpha value is -0.910. The van der Waals surface area contributed by atoms with Crippen molar-refractivity contribution in [2.45, 2.75) is 0 Å². The van der Waals surface area contributed by atoms with Crippen molar-refractivity contribution in [2.75, 3.05) is 6.61 Å². The van der Waals surface area contributed by atoms with E-state index in [-0.39, 0.29) is 6.61 Å². The van der Waals surface area contributed by atoms with Crippen molar-refractivity contribution in [1.29, 1.82) is 0 Å². The van der Waals surface area contributed by atoms with E-state index < -0.39 is 10.3 Å². The van der Waals surface area contributed by atoms with Gasteiger partial charge in [-0.15, -0.1) is 4.40 Å². The Morgan fingerprint density at radius 2 is 2.21 bits per heavy atom. The zero-order valence-corrected chi connectivity index (χ0v) is 8.55. The molecule has 0 atom stereocenters. The lowest BCUT2D eigenvalue weighted by molar-refractivity contribution is 0.382. The van der Waals surface area contributed by atoms with Gasteiger partial charge < -0.3 is 0 Å². The van der Waals surface area contributed by atoms with Gasteiger partial charge in [0.25, 0.3) is 0 Å². The van der Waals surface area contributed by atoms with E-state index in [1.165, 1.54) is 0 Å². The van der Waals surface area contributed by atoms with Gasteiger partial charge in [-0.2, -0.15) is 8.42 Å². The fourth-order valence-electron chi connectivity index (χ4n) is 1.12. The molecule has 74 valence electrons. The Bertz CT molecular complexity index is 495. The number of nitrogens with zero attached hydrogens (tertiary/aromatic N) is 1. The highest BCUT2D eigenvalue weighted by Gasteiger charge is 2.21. The summed E-state index contributed by atoms with van der Waals surface area (Å²) in [5, 5.41) is 0.537. The predicted molar refractivity (Wildman–Crippen MR) is 52.9 cm³/mol. The number of hydrogen-bond donors (Lipinski definition) is 0. The van der Waals surface area contributed by atoms with Crippen LogP contribution in [0.2, 0.25) is 5.02 Å². The second-order valence-corrected chi connectivity index (χ2v) is 4.45. The predicted octanol–water partition coefficient (Wildman–Crippen LogP) is 1.40. The molecule has 0 spiro atoms. The van der Waals surface area contributed by atoms with Crippen LogP contribution < -0.4 is 0 Å². The summed E-state index contributed by atoms with van der Waals surface area (Å²) in [6, 6.07) is 6.81. The lowest BCUT2D eigenvalue weighted by atomic mass is 10.1. The summed E-state index contributed by atoms with van der Waals surface area (Å²) in [7, 11) is -3.71. The van der Waals surface area contributed by atoms with E-state index in [0.29, 0.717) is 16.3 Å². The smallest absolute Gasteiger partial charge is 0.246 e. The molecule has 1 aromatic carbocycles. The molecule has 0 bridgehead atoms. The number of halogens is 1. The molecule has 1 heterocycles. The van der Waals surface area contributed by atoms with Crippen LogP contribution in [0.3, 0.4) is 0 Å². The fourth-order valence-corrected chi connectivity index (χ4v) is 2.05. The largest absolute Gasteiger partial charge is 0.381 e. The normalized spacial score (nSPS) is 19.4. The maximum atomic E-state index is 10.9. The van der Waals surface area contributed by atoms with Crippen molar-refractivity contribution in [2.24, 2.45) is 4.40 Å². The summed E-state index contributed by atoms with van der Waals surface area (Å²) in [6.45, 7) is -0.0251. The maximum Gasteiger partial charge on any atom is 0.381 e. The maximum absolute atomic E-state index is 10.9. The van der Waals surface area contributed by atoms with Crippen LogP contribution in [0, 0.1) is 0 Å². The molecule has 2 rings (SSSR count). The molecular formula is C8H6ClNO3S. The van der Waals surface area contributed by atoms with Crippen molar-refractivity contribution in [1.82, 2.24) is 0 Å². The Morgan fingerprint density at radius 1 is 1.43 bits per heavy atom. The Morgan fingerprint density at radius 3 is 2.79 bits per heavy atom. The second-order valence-electron chi connectivity index (χ2n) is 2.74. The van der Waals surface area contributed by atoms with Gasteiger partial charge in [0.1, 0.15) is 6.61 Å². The third-order valence-electron chi connectivity index (χ3n) is 1.72. The first kappa shape index (κ1) is 9.64. The summed E-state index contributed by atoms with van der Waals surface area (Å²) >= 11 is 5.75. The first-order valence-corrected chi connectivity index (χ1v) is 5.55. The summed E-state index contributed by atoms with van der Waals surface area (Å²) in [6.07, 6.45) is 0. The highest BCUT2D eigenvalue weighted by molar-refractivity contribution is 7.85. The first-order chi connectivity index (χ1) is 6.57. The van der Waals surface area contributed by atoms with Crippen LogP contribution in [0.4, 0.5) is 0 Å². The Kier molecular flexibility index (Phi) is 2.30. The molecule has 14 heavy (non-hydrogen) atoms. The molecule has 0 aromatic heterocycles. The topological polar surface area (TPSA) is 55.7 Å². The molecule has 0 amide bonds. The SMILES string of the molecule is O=S1(=O)N=C(c2cccc(Cl)c2)CO1. The molecule has 0 unspecified atom stereocenters.